The maximum Gasteiger partial charge on any atom is 0.268 e. The molecule has 53 heavy (non-hydrogen) atoms. The van der Waals surface area contributed by atoms with E-state index in [4.69, 9.17) is 9.05 Å². The Bertz CT molecular complexity index is 1010. The Kier molecular flexibility index (Phi) is 35.1. The molecule has 0 aliphatic rings. The second-order valence-corrected chi connectivity index (χ2v) is 17.1. The number of phosphoric acid groups is 1. The van der Waals surface area contributed by atoms with Gasteiger partial charge in [0.2, 0.25) is 5.91 Å². The molecular formula is C44H83N2O6P. The molecule has 0 aliphatic heterocycles. The van der Waals surface area contributed by atoms with Gasteiger partial charge >= 0.3 is 0 Å². The van der Waals surface area contributed by atoms with Gasteiger partial charge in [-0.15, -0.1) is 0 Å². The third kappa shape index (κ3) is 38.5. The van der Waals surface area contributed by atoms with Gasteiger partial charge in [-0.2, -0.15) is 0 Å². The Morgan fingerprint density at radius 2 is 1.09 bits per heavy atom. The second kappa shape index (κ2) is 36.1. The summed E-state index contributed by atoms with van der Waals surface area (Å²) < 4.78 is 23.1. The zero-order chi connectivity index (χ0) is 39.3. The van der Waals surface area contributed by atoms with Crippen LogP contribution in [-0.2, 0) is 18.4 Å². The number of rotatable bonds is 38. The van der Waals surface area contributed by atoms with Crippen molar-refractivity contribution in [3.8, 4) is 0 Å². The number of aliphatic hydroxyl groups excluding tert-OH is 1. The van der Waals surface area contributed by atoms with E-state index >= 15 is 0 Å². The largest absolute Gasteiger partial charge is 0.756 e. The first-order chi connectivity index (χ1) is 25.5. The summed E-state index contributed by atoms with van der Waals surface area (Å²) in [5.74, 6) is -0.226. The molecule has 0 aliphatic carbocycles. The van der Waals surface area contributed by atoms with Gasteiger partial charge in [0.05, 0.1) is 39.9 Å². The molecule has 0 aromatic carbocycles. The number of hydrogen-bond acceptors (Lipinski definition) is 6. The number of carbonyl (C=O) groups excluding carboxylic acids is 1. The van der Waals surface area contributed by atoms with Crippen LogP contribution in [0.5, 0.6) is 0 Å². The minimum absolute atomic E-state index is 0.0119. The Labute approximate surface area is 327 Å². The van der Waals surface area contributed by atoms with Gasteiger partial charge in [0.25, 0.3) is 7.82 Å². The molecule has 3 atom stereocenters. The van der Waals surface area contributed by atoms with E-state index in [1.165, 1.54) is 83.5 Å². The number of unbranched alkanes of at least 4 members (excludes halogenated alkanes) is 19. The van der Waals surface area contributed by atoms with Crippen molar-refractivity contribution in [2.75, 3.05) is 40.9 Å². The third-order valence-electron chi connectivity index (χ3n) is 9.22. The summed E-state index contributed by atoms with van der Waals surface area (Å²) in [4.78, 5) is 25.2. The van der Waals surface area contributed by atoms with Crippen LogP contribution in [-0.4, -0.2) is 68.5 Å². The van der Waals surface area contributed by atoms with Crippen molar-refractivity contribution < 1.29 is 32.9 Å². The molecule has 0 rings (SSSR count). The summed E-state index contributed by atoms with van der Waals surface area (Å²) in [6.07, 6.45) is 44.6. The lowest BCUT2D eigenvalue weighted by Crippen LogP contribution is -2.45. The SMILES string of the molecule is CCC/C=C\CCCCCCCC(=O)NC(COP(=O)([O-])OCC[N+](C)(C)C)C(O)/C=C/CC/C=C/CC/C=C/CCCCCCCCCCCCC. The van der Waals surface area contributed by atoms with Crippen molar-refractivity contribution in [3.05, 3.63) is 48.6 Å². The zero-order valence-corrected chi connectivity index (χ0v) is 35.8. The fourth-order valence-corrected chi connectivity index (χ4v) is 6.50. The van der Waals surface area contributed by atoms with Crippen LogP contribution in [0.2, 0.25) is 0 Å². The molecule has 310 valence electrons. The van der Waals surface area contributed by atoms with Crippen molar-refractivity contribution in [1.29, 1.82) is 0 Å². The van der Waals surface area contributed by atoms with Gasteiger partial charge < -0.3 is 28.8 Å². The zero-order valence-electron chi connectivity index (χ0n) is 35.0. The molecule has 0 aromatic heterocycles. The van der Waals surface area contributed by atoms with Crippen LogP contribution in [0.25, 0.3) is 0 Å². The molecule has 0 fully saturated rings. The minimum Gasteiger partial charge on any atom is -0.756 e. The van der Waals surface area contributed by atoms with Gasteiger partial charge in [0.15, 0.2) is 0 Å². The molecule has 0 bridgehead atoms. The predicted molar refractivity (Wildman–Crippen MR) is 224 cm³/mol. The van der Waals surface area contributed by atoms with Gasteiger partial charge in [-0.1, -0.05) is 152 Å². The maximum atomic E-state index is 12.8. The molecule has 0 radical (unpaired) electrons. The van der Waals surface area contributed by atoms with E-state index in [1.807, 2.05) is 27.2 Å². The number of hydrogen-bond donors (Lipinski definition) is 2. The molecule has 0 saturated heterocycles. The van der Waals surface area contributed by atoms with Crippen LogP contribution in [0, 0.1) is 0 Å². The van der Waals surface area contributed by atoms with E-state index in [0.717, 1.165) is 70.6 Å². The van der Waals surface area contributed by atoms with Crippen LogP contribution in [0.4, 0.5) is 0 Å². The number of nitrogens with one attached hydrogen (secondary N) is 1. The highest BCUT2D eigenvalue weighted by atomic mass is 31.2. The first kappa shape index (κ1) is 51.5. The smallest absolute Gasteiger partial charge is 0.268 e. The van der Waals surface area contributed by atoms with Crippen LogP contribution >= 0.6 is 7.82 Å². The monoisotopic (exact) mass is 767 g/mol. The van der Waals surface area contributed by atoms with Crippen LogP contribution < -0.4 is 10.2 Å². The molecule has 0 aromatic rings. The fourth-order valence-electron chi connectivity index (χ4n) is 5.77. The molecule has 0 saturated carbocycles. The predicted octanol–water partition coefficient (Wildman–Crippen LogP) is 11.1. The molecule has 9 heteroatoms. The number of quaternary nitrogens is 1. The molecular weight excluding hydrogens is 683 g/mol. The normalized spacial score (nSPS) is 14.9. The van der Waals surface area contributed by atoms with Crippen molar-refractivity contribution >= 4 is 13.7 Å². The van der Waals surface area contributed by atoms with Gasteiger partial charge in [-0.3, -0.25) is 9.36 Å². The summed E-state index contributed by atoms with van der Waals surface area (Å²) in [7, 11) is 1.22. The van der Waals surface area contributed by atoms with Crippen molar-refractivity contribution in [3.63, 3.8) is 0 Å². The Morgan fingerprint density at radius 3 is 1.60 bits per heavy atom. The molecule has 2 N–H and O–H groups in total. The van der Waals surface area contributed by atoms with Crippen molar-refractivity contribution in [1.82, 2.24) is 5.32 Å². The number of nitrogens with zero attached hydrogens (tertiary/aromatic N) is 1. The first-order valence-corrected chi connectivity index (χ1v) is 23.0. The van der Waals surface area contributed by atoms with E-state index in [9.17, 15) is 19.4 Å². The first-order valence-electron chi connectivity index (χ1n) is 21.5. The highest BCUT2D eigenvalue weighted by Gasteiger charge is 2.23. The standard InChI is InChI=1S/C44H83N2O6P/c1-6-8-10-12-14-16-18-19-20-21-22-23-24-25-26-27-28-29-31-33-35-37-43(47)42(41-52-53(49,50)51-40-39-46(3,4)5)45-44(48)38-36-34-32-30-17-15-13-11-9-7-2/h11,13,24-25,28-29,35,37,42-43,47H,6-10,12,14-23,26-27,30-34,36,38-41H2,1-5H3,(H-,45,48,49,50)/b13-11-,25-24+,29-28+,37-35+. The topological polar surface area (TPSA) is 108 Å². The van der Waals surface area contributed by atoms with Crippen LogP contribution in [0.3, 0.4) is 0 Å². The lowest BCUT2D eigenvalue weighted by atomic mass is 10.1. The van der Waals surface area contributed by atoms with Crippen LogP contribution in [0.15, 0.2) is 48.6 Å². The quantitative estimate of drug-likeness (QED) is 0.0280. The summed E-state index contributed by atoms with van der Waals surface area (Å²) in [5.41, 5.74) is 0. The second-order valence-electron chi connectivity index (χ2n) is 15.7. The molecule has 0 heterocycles. The number of amides is 1. The van der Waals surface area contributed by atoms with Gasteiger partial charge in [-0.05, 0) is 64.2 Å². The average Bonchev–Trinajstić information content (AvgIpc) is 3.10. The van der Waals surface area contributed by atoms with Gasteiger partial charge in [-0.25, -0.2) is 0 Å². The third-order valence-corrected chi connectivity index (χ3v) is 10.2. The number of allylic oxidation sites excluding steroid dienone is 7. The van der Waals surface area contributed by atoms with E-state index in [-0.39, 0.29) is 12.5 Å². The van der Waals surface area contributed by atoms with Crippen molar-refractivity contribution in [2.45, 2.75) is 187 Å². The summed E-state index contributed by atoms with van der Waals surface area (Å²) in [6.45, 7) is 4.53. The summed E-state index contributed by atoms with van der Waals surface area (Å²) >= 11 is 0. The summed E-state index contributed by atoms with van der Waals surface area (Å²) in [5, 5.41) is 13.7. The molecule has 8 nitrogen and oxygen atoms in total. The Morgan fingerprint density at radius 1 is 0.642 bits per heavy atom. The number of likely N-dealkylation sites (N-methyl/N-ethyl adjacent to an activating group) is 1. The lowest BCUT2D eigenvalue weighted by molar-refractivity contribution is -0.870. The van der Waals surface area contributed by atoms with E-state index in [0.29, 0.717) is 17.4 Å². The number of carbonyl (C=O) groups is 1. The fraction of sp³-hybridized carbons (Fsp3) is 0.795. The maximum absolute atomic E-state index is 12.8. The van der Waals surface area contributed by atoms with E-state index in [1.54, 1.807) is 6.08 Å². The van der Waals surface area contributed by atoms with Gasteiger partial charge in [0.1, 0.15) is 13.2 Å². The molecule has 3 unspecified atom stereocenters. The van der Waals surface area contributed by atoms with E-state index < -0.39 is 26.6 Å². The summed E-state index contributed by atoms with van der Waals surface area (Å²) in [6, 6.07) is -0.912. The number of aliphatic hydroxyl groups is 1. The van der Waals surface area contributed by atoms with E-state index in [2.05, 4.69) is 55.6 Å². The number of phosphoric ester groups is 1. The van der Waals surface area contributed by atoms with Gasteiger partial charge in [0, 0.05) is 6.42 Å². The molecule has 0 spiro atoms. The highest BCUT2D eigenvalue weighted by Crippen LogP contribution is 2.38. The lowest BCUT2D eigenvalue weighted by Gasteiger charge is -2.29. The Hall–Kier alpha value is -1.54. The minimum atomic E-state index is -4.60. The highest BCUT2D eigenvalue weighted by molar-refractivity contribution is 7.45. The molecule has 1 amide bonds. The Balaban J connectivity index is 4.47. The average molecular weight is 767 g/mol. The van der Waals surface area contributed by atoms with Crippen LogP contribution in [0.1, 0.15) is 174 Å². The van der Waals surface area contributed by atoms with Crippen molar-refractivity contribution in [2.24, 2.45) is 0 Å².